The zero-order valence-electron chi connectivity index (χ0n) is 35.6. The van der Waals surface area contributed by atoms with E-state index in [1.165, 1.54) is 64.6 Å². The van der Waals surface area contributed by atoms with E-state index < -0.39 is 25.4 Å². The van der Waals surface area contributed by atoms with Crippen LogP contribution in [0.4, 0.5) is 0 Å². The van der Waals surface area contributed by atoms with Crippen LogP contribution < -0.4 is 37.3 Å². The van der Waals surface area contributed by atoms with E-state index in [-0.39, 0.29) is 27.3 Å². The van der Waals surface area contributed by atoms with Crippen molar-refractivity contribution in [2.24, 2.45) is 0 Å². The first kappa shape index (κ1) is 49.4. The molecule has 0 bridgehead atoms. The molecule has 0 unspecified atom stereocenters. The van der Waals surface area contributed by atoms with Gasteiger partial charge in [-0.1, -0.05) is 121 Å². The van der Waals surface area contributed by atoms with Crippen LogP contribution in [0, 0.1) is 30.6 Å². The number of nitrogens with zero attached hydrogens (tertiary/aromatic N) is 5. The number of aromatic nitrogens is 4. The molecule has 0 radical (unpaired) electrons. The number of hydrogen-bond acceptors (Lipinski definition) is 16. The maximum atomic E-state index is 8.81. The van der Waals surface area contributed by atoms with Crippen LogP contribution in [-0.2, 0) is 27.3 Å². The van der Waals surface area contributed by atoms with Gasteiger partial charge in [0, 0.05) is 26.8 Å². The summed E-state index contributed by atoms with van der Waals surface area (Å²) in [5.41, 5.74) is 7.47. The predicted octanol–water partition coefficient (Wildman–Crippen LogP) is 3.90. The van der Waals surface area contributed by atoms with Crippen LogP contribution in [0.1, 0.15) is 0 Å². The largest absolute Gasteiger partial charge is 2.00 e. The number of pyridine rings is 2. The average Bonchev–Trinajstić information content (AvgIpc) is 4.01. The number of hydrogen-bond donors (Lipinski definition) is 0. The second-order valence-electron chi connectivity index (χ2n) is 15.0. The Balaban J connectivity index is 0.000000380. The number of rotatable bonds is 5. The van der Waals surface area contributed by atoms with E-state index >= 15 is 0 Å². The van der Waals surface area contributed by atoms with Crippen molar-refractivity contribution in [1.29, 1.82) is 0 Å². The Kier molecular flexibility index (Phi) is 14.4. The molecular formula is C49H29CdCl2N5O10S2. The van der Waals surface area contributed by atoms with Crippen LogP contribution >= 0.6 is 22.7 Å². The maximum Gasteiger partial charge on any atom is 2.00 e. The number of nitro groups is 1. The van der Waals surface area contributed by atoms with Crippen molar-refractivity contribution in [3.05, 3.63) is 166 Å². The summed E-state index contributed by atoms with van der Waals surface area (Å²) in [6, 6.07) is 51.9. The quantitative estimate of drug-likeness (QED) is 0.102. The predicted molar refractivity (Wildman–Crippen MR) is 241 cm³/mol. The van der Waals surface area contributed by atoms with Gasteiger partial charge < -0.3 is 0 Å². The Morgan fingerprint density at radius 2 is 0.667 bits per heavy atom. The molecule has 15 nitrogen and oxygen atoms in total. The van der Waals surface area contributed by atoms with Crippen LogP contribution in [0.3, 0.4) is 0 Å². The van der Waals surface area contributed by atoms with Crippen LogP contribution in [0.25, 0.3) is 120 Å². The topological polar surface area (TPSA) is 279 Å². The Hall–Kier alpha value is -6.02. The van der Waals surface area contributed by atoms with Gasteiger partial charge in [-0.15, -0.1) is 43.2 Å². The molecule has 12 rings (SSSR count). The summed E-state index contributed by atoms with van der Waals surface area (Å²) in [5, 5.41) is 30.1. The molecule has 8 aromatic carbocycles. The van der Waals surface area contributed by atoms with Gasteiger partial charge in [-0.05, 0) is 88.9 Å². The molecule has 0 amide bonds. The van der Waals surface area contributed by atoms with Crippen LogP contribution in [0.5, 0.6) is 0 Å². The maximum absolute atomic E-state index is 8.81. The third-order valence-electron chi connectivity index (χ3n) is 10.8. The molecule has 12 aromatic rings. The molecule has 0 saturated heterocycles. The fourth-order valence-electron chi connectivity index (χ4n) is 8.34. The summed E-state index contributed by atoms with van der Waals surface area (Å²) in [5.74, 6) is 0. The second-order valence-corrected chi connectivity index (χ2v) is 18.3. The molecule has 4 aromatic heterocycles. The van der Waals surface area contributed by atoms with Crippen LogP contribution in [0.15, 0.2) is 156 Å². The van der Waals surface area contributed by atoms with Crippen molar-refractivity contribution in [2.45, 2.75) is 0 Å². The van der Waals surface area contributed by atoms with Crippen molar-refractivity contribution in [2.75, 3.05) is 7.05 Å². The average molecular weight is 1100 g/mol. The van der Waals surface area contributed by atoms with Gasteiger partial charge in [-0.2, -0.15) is 0 Å². The van der Waals surface area contributed by atoms with E-state index in [2.05, 4.69) is 120 Å². The van der Waals surface area contributed by atoms with Gasteiger partial charge in [0.15, 0.2) is 7.05 Å². The monoisotopic (exact) mass is 1090 g/mol. The number of thiazole rings is 2. The Morgan fingerprint density at radius 3 is 1.01 bits per heavy atom. The minimum absolute atomic E-state index is 0. The van der Waals surface area contributed by atoms with Gasteiger partial charge in [-0.3, -0.25) is 10.1 Å². The smallest absolute Gasteiger partial charge is 0.265 e. The zero-order chi connectivity index (χ0) is 47.9. The molecular weight excluding hydrogens is 1070 g/mol. The molecule has 20 heteroatoms. The summed E-state index contributed by atoms with van der Waals surface area (Å²) < 4.78 is 67.9. The van der Waals surface area contributed by atoms with Crippen molar-refractivity contribution < 1.29 is 90.0 Å². The minimum Gasteiger partial charge on any atom is -0.265 e. The summed E-state index contributed by atoms with van der Waals surface area (Å²) in [6.07, 6.45) is 0. The first-order valence-corrected chi connectivity index (χ1v) is 24.2. The molecule has 0 saturated carbocycles. The van der Waals surface area contributed by atoms with E-state index in [0.717, 1.165) is 62.4 Å². The minimum atomic E-state index is -4.94. The number of halogens is 2. The van der Waals surface area contributed by atoms with E-state index in [0.29, 0.717) is 0 Å². The van der Waals surface area contributed by atoms with Gasteiger partial charge in [0.05, 0.1) is 34.2 Å². The van der Waals surface area contributed by atoms with E-state index in [9.17, 15) is 0 Å². The standard InChI is InChI=1S/C48H26N4S2.CH3NO2.Cd.2ClHO4/c1-5-27-13-15-31-17-21-33(35-23-19-29(7-1)43(27)45(31)35)41-25-53-47(51-41)39-11-3-9-37(49-39)38-10-4-12-40(50-38)48-52-42(26-54-48)34-22-18-32-16-14-28-6-2-8-30-20-24-36(34)46(32)44(28)30;1-2(3)4;;2*2-1(3,4)5/h1-26H;1H3;;2*(H,2,3,4,5)/q;;+2;;/p-2. The Bertz CT molecular complexity index is 3500. The third-order valence-corrected chi connectivity index (χ3v) is 12.5. The third kappa shape index (κ3) is 11.1. The summed E-state index contributed by atoms with van der Waals surface area (Å²) in [7, 11) is -9.00. The first-order valence-electron chi connectivity index (χ1n) is 20.0. The molecule has 0 N–H and O–H groups in total. The molecule has 4 heterocycles. The summed E-state index contributed by atoms with van der Waals surface area (Å²) in [6.45, 7) is 0. The normalized spacial score (nSPS) is 11.6. The fourth-order valence-corrected chi connectivity index (χ4v) is 9.92. The van der Waals surface area contributed by atoms with Gasteiger partial charge in [-0.25, -0.2) is 57.2 Å². The molecule has 0 aliphatic carbocycles. The second kappa shape index (κ2) is 20.1. The first-order chi connectivity index (χ1) is 32.5. The van der Waals surface area contributed by atoms with Crippen molar-refractivity contribution in [3.8, 4) is 55.3 Å². The zero-order valence-corrected chi connectivity index (χ0v) is 42.8. The summed E-state index contributed by atoms with van der Waals surface area (Å²) in [4.78, 5) is 28.7. The van der Waals surface area contributed by atoms with Crippen molar-refractivity contribution >= 4 is 87.3 Å². The van der Waals surface area contributed by atoms with Gasteiger partial charge in [0.2, 0.25) is 0 Å². The molecule has 0 spiro atoms. The van der Waals surface area contributed by atoms with E-state index in [1.54, 1.807) is 22.7 Å². The summed E-state index contributed by atoms with van der Waals surface area (Å²) >= 11 is 3.24. The molecule has 69 heavy (non-hydrogen) atoms. The molecule has 0 aliphatic heterocycles. The van der Waals surface area contributed by atoms with Crippen molar-refractivity contribution in [3.63, 3.8) is 0 Å². The van der Waals surface area contributed by atoms with E-state index in [1.807, 2.05) is 36.4 Å². The molecule has 0 aliphatic rings. The van der Waals surface area contributed by atoms with E-state index in [4.69, 9.17) is 67.3 Å². The molecule has 0 fully saturated rings. The van der Waals surface area contributed by atoms with Gasteiger partial charge >= 0.3 is 27.3 Å². The Labute approximate surface area is 423 Å². The van der Waals surface area contributed by atoms with Crippen LogP contribution in [-0.4, -0.2) is 31.9 Å². The van der Waals surface area contributed by atoms with Gasteiger partial charge in [0.1, 0.15) is 10.0 Å². The van der Waals surface area contributed by atoms with Crippen molar-refractivity contribution in [1.82, 2.24) is 19.9 Å². The van der Waals surface area contributed by atoms with Gasteiger partial charge in [0.25, 0.3) is 0 Å². The number of benzene rings is 8. The molecule has 338 valence electrons. The fraction of sp³-hybridized carbons (Fsp3) is 0.0204. The Morgan fingerprint density at radius 1 is 0.391 bits per heavy atom. The van der Waals surface area contributed by atoms with Crippen LogP contribution in [0.2, 0.25) is 0 Å². The SMILES string of the molecule is C[N+](=O)[O-].[Cd+2].[O-][Cl+3]([O-])([O-])[O-].[O-][Cl+3]([O-])([O-])[O-].c1cc(-c2cccc(-c3nc(-c4ccc5ccc6cccc7ccc4c5c67)cs3)n2)nc(-c2nc(-c3ccc4ccc5cccc6ccc3c4c56)cs2)c1. The molecule has 0 atom stereocenters.